The van der Waals surface area contributed by atoms with Gasteiger partial charge in [0.1, 0.15) is 5.52 Å². The minimum Gasteiger partial charge on any atom is -0.481 e. The van der Waals surface area contributed by atoms with Crippen LogP contribution in [0.4, 0.5) is 5.82 Å². The molecule has 0 bridgehead atoms. The number of rotatable bonds is 4. The lowest BCUT2D eigenvalue weighted by atomic mass is 9.98. The van der Waals surface area contributed by atoms with Gasteiger partial charge in [0, 0.05) is 19.3 Å². The number of hydrogen-bond acceptors (Lipinski definition) is 5. The second-order valence-corrected chi connectivity index (χ2v) is 6.78. The SMILES string of the molecule is O=C(O)C1CCCN(c2nc3cccnc3n(Cc3ccccc3)c2=O)C1. The van der Waals surface area contributed by atoms with E-state index in [0.29, 0.717) is 43.0 Å². The van der Waals surface area contributed by atoms with Crippen LogP contribution in [0, 0.1) is 5.92 Å². The number of carboxylic acids is 1. The van der Waals surface area contributed by atoms with E-state index in [-0.39, 0.29) is 5.56 Å². The fourth-order valence-corrected chi connectivity index (χ4v) is 3.55. The fraction of sp³-hybridized carbons (Fsp3) is 0.300. The summed E-state index contributed by atoms with van der Waals surface area (Å²) < 4.78 is 1.62. The predicted molar refractivity (Wildman–Crippen MR) is 102 cm³/mol. The lowest BCUT2D eigenvalue weighted by molar-refractivity contribution is -0.141. The van der Waals surface area contributed by atoms with Crippen LogP contribution >= 0.6 is 0 Å². The Labute approximate surface area is 155 Å². The molecule has 0 radical (unpaired) electrons. The molecule has 27 heavy (non-hydrogen) atoms. The second kappa shape index (κ2) is 7.19. The molecule has 3 heterocycles. The maximum Gasteiger partial charge on any atom is 0.308 e. The van der Waals surface area contributed by atoms with Crippen LogP contribution in [0.2, 0.25) is 0 Å². The third-order valence-corrected chi connectivity index (χ3v) is 4.94. The van der Waals surface area contributed by atoms with Crippen molar-refractivity contribution < 1.29 is 9.90 Å². The minimum atomic E-state index is -0.827. The Morgan fingerprint density at radius 2 is 2.00 bits per heavy atom. The maximum absolute atomic E-state index is 13.2. The Morgan fingerprint density at radius 1 is 1.19 bits per heavy atom. The van der Waals surface area contributed by atoms with Crippen molar-refractivity contribution in [1.29, 1.82) is 0 Å². The Kier molecular flexibility index (Phi) is 4.58. The predicted octanol–water partition coefficient (Wildman–Crippen LogP) is 2.14. The van der Waals surface area contributed by atoms with Gasteiger partial charge in [-0.3, -0.25) is 14.2 Å². The maximum atomic E-state index is 13.2. The number of piperidine rings is 1. The molecule has 1 aliphatic heterocycles. The van der Waals surface area contributed by atoms with Gasteiger partial charge in [-0.25, -0.2) is 9.97 Å². The number of nitrogens with zero attached hydrogens (tertiary/aromatic N) is 4. The molecule has 4 rings (SSSR count). The first-order valence-electron chi connectivity index (χ1n) is 9.01. The molecule has 1 aliphatic rings. The molecule has 3 aromatic rings. The highest BCUT2D eigenvalue weighted by Gasteiger charge is 2.28. The van der Waals surface area contributed by atoms with Crippen molar-refractivity contribution in [2.24, 2.45) is 5.92 Å². The summed E-state index contributed by atoms with van der Waals surface area (Å²) in [6.07, 6.45) is 2.99. The van der Waals surface area contributed by atoms with E-state index in [9.17, 15) is 14.7 Å². The fourth-order valence-electron chi connectivity index (χ4n) is 3.55. The Balaban J connectivity index is 1.81. The lowest BCUT2D eigenvalue weighted by Crippen LogP contribution is -2.42. The first-order valence-corrected chi connectivity index (χ1v) is 9.01. The molecular weight excluding hydrogens is 344 g/mol. The van der Waals surface area contributed by atoms with Crippen LogP contribution < -0.4 is 10.5 Å². The normalized spacial score (nSPS) is 17.2. The van der Waals surface area contributed by atoms with Crippen LogP contribution in [0.5, 0.6) is 0 Å². The quantitative estimate of drug-likeness (QED) is 0.763. The monoisotopic (exact) mass is 364 g/mol. The summed E-state index contributed by atoms with van der Waals surface area (Å²) in [5.74, 6) is -1.00. The summed E-state index contributed by atoms with van der Waals surface area (Å²) in [6, 6.07) is 13.3. The molecule has 0 amide bonds. The van der Waals surface area contributed by atoms with E-state index in [2.05, 4.69) is 9.97 Å². The number of carboxylic acid groups (broad SMARTS) is 1. The van der Waals surface area contributed by atoms with Crippen molar-refractivity contribution in [2.75, 3.05) is 18.0 Å². The molecule has 1 fully saturated rings. The second-order valence-electron chi connectivity index (χ2n) is 6.78. The molecule has 7 heteroatoms. The topological polar surface area (TPSA) is 88.3 Å². The summed E-state index contributed by atoms with van der Waals surface area (Å²) in [6.45, 7) is 1.32. The van der Waals surface area contributed by atoms with Gasteiger partial charge in [-0.15, -0.1) is 0 Å². The number of fused-ring (bicyclic) bond motifs is 1. The van der Waals surface area contributed by atoms with Gasteiger partial charge >= 0.3 is 5.97 Å². The average Bonchev–Trinajstić information content (AvgIpc) is 2.71. The third-order valence-electron chi connectivity index (χ3n) is 4.94. The van der Waals surface area contributed by atoms with E-state index >= 15 is 0 Å². The van der Waals surface area contributed by atoms with Crippen molar-refractivity contribution in [1.82, 2.24) is 14.5 Å². The molecule has 1 aromatic carbocycles. The van der Waals surface area contributed by atoms with Crippen LogP contribution in [0.1, 0.15) is 18.4 Å². The summed E-state index contributed by atoms with van der Waals surface area (Å²) in [5, 5.41) is 9.35. The summed E-state index contributed by atoms with van der Waals surface area (Å²) in [4.78, 5) is 35.3. The first-order chi connectivity index (χ1) is 13.1. The van der Waals surface area contributed by atoms with Crippen molar-refractivity contribution in [3.8, 4) is 0 Å². The van der Waals surface area contributed by atoms with Gasteiger partial charge in [0.2, 0.25) is 0 Å². The molecule has 2 aromatic heterocycles. The highest BCUT2D eigenvalue weighted by Crippen LogP contribution is 2.21. The van der Waals surface area contributed by atoms with Crippen LogP contribution in [0.15, 0.2) is 53.5 Å². The zero-order chi connectivity index (χ0) is 18.8. The van der Waals surface area contributed by atoms with Crippen molar-refractivity contribution in [3.05, 3.63) is 64.6 Å². The molecule has 1 saturated heterocycles. The van der Waals surface area contributed by atoms with E-state index in [0.717, 1.165) is 12.0 Å². The molecule has 0 saturated carbocycles. The van der Waals surface area contributed by atoms with Crippen LogP contribution in [-0.2, 0) is 11.3 Å². The van der Waals surface area contributed by atoms with E-state index in [1.807, 2.05) is 36.4 Å². The van der Waals surface area contributed by atoms with Gasteiger partial charge in [-0.05, 0) is 30.5 Å². The Morgan fingerprint density at radius 3 is 2.78 bits per heavy atom. The van der Waals surface area contributed by atoms with Crippen molar-refractivity contribution in [2.45, 2.75) is 19.4 Å². The van der Waals surface area contributed by atoms with Gasteiger partial charge in [0.05, 0.1) is 12.5 Å². The zero-order valence-electron chi connectivity index (χ0n) is 14.8. The van der Waals surface area contributed by atoms with Gasteiger partial charge in [-0.2, -0.15) is 0 Å². The number of aliphatic carboxylic acids is 1. The van der Waals surface area contributed by atoms with E-state index in [1.165, 1.54) is 0 Å². The van der Waals surface area contributed by atoms with E-state index in [4.69, 9.17) is 0 Å². The standard InChI is InChI=1S/C20H20N4O3/c25-19-18(23-11-5-8-15(13-23)20(26)27)22-16-9-4-10-21-17(16)24(19)12-14-6-2-1-3-7-14/h1-4,6-7,9-10,15H,5,8,11-13H2,(H,26,27). The van der Waals surface area contributed by atoms with Gasteiger partial charge in [-0.1, -0.05) is 30.3 Å². The molecule has 1 N–H and O–H groups in total. The zero-order valence-corrected chi connectivity index (χ0v) is 14.8. The number of carbonyl (C=O) groups is 1. The Bertz CT molecular complexity index is 1030. The first kappa shape index (κ1) is 17.2. The number of pyridine rings is 1. The third kappa shape index (κ3) is 3.40. The van der Waals surface area contributed by atoms with Crippen LogP contribution in [0.25, 0.3) is 11.2 Å². The largest absolute Gasteiger partial charge is 0.481 e. The summed E-state index contributed by atoms with van der Waals surface area (Å²) >= 11 is 0. The molecule has 7 nitrogen and oxygen atoms in total. The number of benzene rings is 1. The molecule has 138 valence electrons. The molecular formula is C20H20N4O3. The van der Waals surface area contributed by atoms with Gasteiger partial charge in [0.25, 0.3) is 5.56 Å². The van der Waals surface area contributed by atoms with Crippen LogP contribution in [0.3, 0.4) is 0 Å². The highest BCUT2D eigenvalue weighted by molar-refractivity contribution is 5.73. The Hall–Kier alpha value is -3.22. The average molecular weight is 364 g/mol. The van der Waals surface area contributed by atoms with Gasteiger partial charge in [0.15, 0.2) is 11.5 Å². The number of aromatic nitrogens is 3. The summed E-state index contributed by atoms with van der Waals surface area (Å²) in [5.41, 5.74) is 1.91. The van der Waals surface area contributed by atoms with Crippen LogP contribution in [-0.4, -0.2) is 38.7 Å². The van der Waals surface area contributed by atoms with Crippen molar-refractivity contribution in [3.63, 3.8) is 0 Å². The van der Waals surface area contributed by atoms with E-state index < -0.39 is 11.9 Å². The molecule has 0 spiro atoms. The molecule has 1 unspecified atom stereocenters. The number of anilines is 1. The van der Waals surface area contributed by atoms with E-state index in [1.54, 1.807) is 21.7 Å². The smallest absolute Gasteiger partial charge is 0.308 e. The molecule has 1 atom stereocenters. The lowest BCUT2D eigenvalue weighted by Gasteiger charge is -2.31. The molecule has 0 aliphatic carbocycles. The number of hydrogen-bond donors (Lipinski definition) is 1. The minimum absolute atomic E-state index is 0.240. The highest BCUT2D eigenvalue weighted by atomic mass is 16.4. The summed E-state index contributed by atoms with van der Waals surface area (Å²) in [7, 11) is 0. The van der Waals surface area contributed by atoms with Gasteiger partial charge < -0.3 is 10.0 Å². The van der Waals surface area contributed by atoms with Crippen molar-refractivity contribution >= 4 is 23.0 Å².